The van der Waals surface area contributed by atoms with Crippen LogP contribution < -0.4 is 10.7 Å². The monoisotopic (exact) mass is 603 g/mol. The molecule has 2 amide bonds. The maximum atomic E-state index is 13.8. The van der Waals surface area contributed by atoms with E-state index in [1.165, 1.54) is 10.4 Å². The number of anilines is 1. The first kappa shape index (κ1) is 29.4. The van der Waals surface area contributed by atoms with Crippen LogP contribution in [0.25, 0.3) is 10.7 Å². The molecule has 3 aromatic heterocycles. The number of aromatic nitrogens is 2. The number of carbonyl (C=O) groups is 2. The number of nitrogens with one attached hydrogen (secondary N) is 2. The van der Waals surface area contributed by atoms with Crippen LogP contribution in [-0.2, 0) is 12.8 Å². The van der Waals surface area contributed by atoms with Crippen molar-refractivity contribution in [3.05, 3.63) is 122 Å². The average Bonchev–Trinajstić information content (AvgIpc) is 3.65. The second-order valence-corrected chi connectivity index (χ2v) is 12.7. The molecule has 224 valence electrons. The third-order valence-corrected chi connectivity index (χ3v) is 9.65. The minimum Gasteiger partial charge on any atom is -0.322 e. The zero-order valence-corrected chi connectivity index (χ0v) is 26.6. The van der Waals surface area contributed by atoms with E-state index in [-0.39, 0.29) is 11.8 Å². The minimum absolute atomic E-state index is 0.0780. The molecule has 44 heavy (non-hydrogen) atoms. The third-order valence-electron chi connectivity index (χ3n) is 8.37. The maximum absolute atomic E-state index is 13.8. The second kappa shape index (κ2) is 12.1. The zero-order chi connectivity index (χ0) is 31.0. The molecule has 0 aliphatic heterocycles. The standard InChI is InChI=1S/C36H37N5O2S/c1-22-13-17-29(18-14-22)38-35(43)33-31-11-6-7-12-32(31)44-36(33)41-25(4)19-28(26(41)5)21-37-39-34(42)27-9-8-10-30(20-27)40-23(2)15-16-24(40)3/h8-10,13-21H,6-7,11-12H2,1-5H3,(H,38,43)(H,39,42)/b37-21-. The number of carbonyl (C=O) groups excluding carboxylic acids is 2. The highest BCUT2D eigenvalue weighted by atomic mass is 32.1. The number of hydrogen-bond acceptors (Lipinski definition) is 4. The van der Waals surface area contributed by atoms with Crippen LogP contribution in [0.4, 0.5) is 5.69 Å². The van der Waals surface area contributed by atoms with E-state index < -0.39 is 0 Å². The van der Waals surface area contributed by atoms with Crippen molar-refractivity contribution in [2.45, 2.75) is 60.3 Å². The Kier molecular flexibility index (Phi) is 8.10. The third kappa shape index (κ3) is 5.65. The van der Waals surface area contributed by atoms with Crippen LogP contribution in [0.3, 0.4) is 0 Å². The van der Waals surface area contributed by atoms with E-state index in [2.05, 4.69) is 37.1 Å². The lowest BCUT2D eigenvalue weighted by Crippen LogP contribution is -2.18. The fourth-order valence-corrected chi connectivity index (χ4v) is 7.59. The normalized spacial score (nSPS) is 12.8. The Morgan fingerprint density at radius 2 is 1.55 bits per heavy atom. The largest absolute Gasteiger partial charge is 0.322 e. The first-order valence-electron chi connectivity index (χ1n) is 15.0. The van der Waals surface area contributed by atoms with Crippen LogP contribution in [0, 0.1) is 34.6 Å². The Morgan fingerprint density at radius 1 is 0.818 bits per heavy atom. The molecule has 3 heterocycles. The molecule has 2 N–H and O–H groups in total. The van der Waals surface area contributed by atoms with Gasteiger partial charge in [-0.3, -0.25) is 9.59 Å². The molecule has 1 aliphatic rings. The Labute approximate surface area is 262 Å². The van der Waals surface area contributed by atoms with Gasteiger partial charge < -0.3 is 14.5 Å². The summed E-state index contributed by atoms with van der Waals surface area (Å²) >= 11 is 1.71. The predicted octanol–water partition coefficient (Wildman–Crippen LogP) is 7.77. The molecule has 0 bridgehead atoms. The van der Waals surface area contributed by atoms with E-state index in [9.17, 15) is 9.59 Å². The van der Waals surface area contributed by atoms with Gasteiger partial charge in [0.15, 0.2) is 0 Å². The van der Waals surface area contributed by atoms with Crippen LogP contribution in [-0.4, -0.2) is 27.2 Å². The van der Waals surface area contributed by atoms with Crippen molar-refractivity contribution < 1.29 is 9.59 Å². The quantitative estimate of drug-likeness (QED) is 0.147. The van der Waals surface area contributed by atoms with Crippen LogP contribution >= 0.6 is 11.3 Å². The first-order chi connectivity index (χ1) is 21.2. The molecule has 0 saturated heterocycles. The molecule has 0 spiro atoms. The minimum atomic E-state index is -0.277. The number of fused-ring (bicyclic) bond motifs is 1. The van der Waals surface area contributed by atoms with Gasteiger partial charge in [-0.1, -0.05) is 23.8 Å². The van der Waals surface area contributed by atoms with Crippen molar-refractivity contribution in [2.24, 2.45) is 5.10 Å². The second-order valence-electron chi connectivity index (χ2n) is 11.6. The molecule has 5 aromatic rings. The molecule has 0 radical (unpaired) electrons. The lowest BCUT2D eigenvalue weighted by atomic mass is 9.95. The summed E-state index contributed by atoms with van der Waals surface area (Å²) in [4.78, 5) is 28.1. The van der Waals surface area contributed by atoms with Crippen LogP contribution in [0.2, 0.25) is 0 Å². The first-order valence-corrected chi connectivity index (χ1v) is 15.8. The van der Waals surface area contributed by atoms with Gasteiger partial charge in [-0.15, -0.1) is 11.3 Å². The lowest BCUT2D eigenvalue weighted by molar-refractivity contribution is 0.0954. The van der Waals surface area contributed by atoms with Crippen LogP contribution in [0.1, 0.15) is 77.9 Å². The molecule has 8 heteroatoms. The van der Waals surface area contributed by atoms with E-state index in [1.54, 1.807) is 23.6 Å². The smallest absolute Gasteiger partial charge is 0.271 e. The predicted molar refractivity (Wildman–Crippen MR) is 179 cm³/mol. The summed E-state index contributed by atoms with van der Waals surface area (Å²) in [6.45, 7) is 10.2. The summed E-state index contributed by atoms with van der Waals surface area (Å²) in [5, 5.41) is 8.39. The molecule has 7 nitrogen and oxygen atoms in total. The molecule has 6 rings (SSSR count). The summed E-state index contributed by atoms with van der Waals surface area (Å²) in [6.07, 6.45) is 5.81. The van der Waals surface area contributed by atoms with Gasteiger partial charge in [0.1, 0.15) is 5.00 Å². The summed E-state index contributed by atoms with van der Waals surface area (Å²) < 4.78 is 4.27. The highest BCUT2D eigenvalue weighted by Crippen LogP contribution is 2.39. The Balaban J connectivity index is 1.26. The van der Waals surface area contributed by atoms with Gasteiger partial charge >= 0.3 is 0 Å². The van der Waals surface area contributed by atoms with Gasteiger partial charge in [0, 0.05) is 50.2 Å². The van der Waals surface area contributed by atoms with Crippen LogP contribution in [0.15, 0.2) is 71.8 Å². The van der Waals surface area contributed by atoms with E-state index in [1.807, 2.05) is 83.1 Å². The topological polar surface area (TPSA) is 80.4 Å². The van der Waals surface area contributed by atoms with E-state index in [0.29, 0.717) is 5.56 Å². The van der Waals surface area contributed by atoms with E-state index >= 15 is 0 Å². The van der Waals surface area contributed by atoms with Crippen molar-refractivity contribution in [3.63, 3.8) is 0 Å². The van der Waals surface area contributed by atoms with Gasteiger partial charge in [-0.25, -0.2) is 5.43 Å². The fraction of sp³-hybridized carbons (Fsp3) is 0.250. The number of hydrazone groups is 1. The number of hydrogen-bond donors (Lipinski definition) is 2. The summed E-state index contributed by atoms with van der Waals surface area (Å²) in [6, 6.07) is 21.6. The van der Waals surface area contributed by atoms with Crippen molar-refractivity contribution in [1.82, 2.24) is 14.6 Å². The average molecular weight is 604 g/mol. The summed E-state index contributed by atoms with van der Waals surface area (Å²) in [5.41, 5.74) is 13.1. The number of thiophene rings is 1. The number of nitrogens with zero attached hydrogens (tertiary/aromatic N) is 3. The number of rotatable bonds is 7. The zero-order valence-electron chi connectivity index (χ0n) is 25.8. The highest BCUT2D eigenvalue weighted by Gasteiger charge is 2.28. The van der Waals surface area contributed by atoms with E-state index in [0.717, 1.165) is 81.5 Å². The molecular formula is C36H37N5O2S. The molecule has 0 unspecified atom stereocenters. The maximum Gasteiger partial charge on any atom is 0.271 e. The number of aryl methyl sites for hydroxylation is 5. The van der Waals surface area contributed by atoms with Crippen molar-refractivity contribution in [1.29, 1.82) is 0 Å². The Bertz CT molecular complexity index is 1890. The molecular weight excluding hydrogens is 566 g/mol. The van der Waals surface area contributed by atoms with E-state index in [4.69, 9.17) is 0 Å². The summed E-state index contributed by atoms with van der Waals surface area (Å²) in [7, 11) is 0. The van der Waals surface area contributed by atoms with Gasteiger partial charge in [0.25, 0.3) is 11.8 Å². The van der Waals surface area contributed by atoms with Gasteiger partial charge in [0.05, 0.1) is 11.8 Å². The SMILES string of the molecule is Cc1ccc(NC(=O)c2c(-n3c(C)cc(/C=N\NC(=O)c4cccc(-n5c(C)ccc5C)c4)c3C)sc3c2CCCC3)cc1. The molecule has 0 atom stereocenters. The Hall–Kier alpha value is -4.69. The molecule has 2 aromatic carbocycles. The highest BCUT2D eigenvalue weighted by molar-refractivity contribution is 7.15. The van der Waals surface area contributed by atoms with Crippen molar-refractivity contribution in [2.75, 3.05) is 5.32 Å². The molecule has 0 fully saturated rings. The lowest BCUT2D eigenvalue weighted by Gasteiger charge is -2.14. The fourth-order valence-electron chi connectivity index (χ4n) is 6.09. The molecule has 0 saturated carbocycles. The van der Waals surface area contributed by atoms with Crippen molar-refractivity contribution >= 4 is 35.1 Å². The van der Waals surface area contributed by atoms with Crippen molar-refractivity contribution in [3.8, 4) is 10.7 Å². The van der Waals surface area contributed by atoms with Gasteiger partial charge in [-0.05, 0) is 114 Å². The number of amides is 2. The number of benzene rings is 2. The van der Waals surface area contributed by atoms with Gasteiger partial charge in [-0.2, -0.15) is 5.10 Å². The molecule has 1 aliphatic carbocycles. The van der Waals surface area contributed by atoms with Gasteiger partial charge in [0.2, 0.25) is 0 Å². The summed E-state index contributed by atoms with van der Waals surface area (Å²) in [5.74, 6) is -0.355. The Morgan fingerprint density at radius 3 is 2.30 bits per heavy atom. The van der Waals surface area contributed by atoms with Crippen LogP contribution in [0.5, 0.6) is 0 Å².